The second-order valence-electron chi connectivity index (χ2n) is 4.87. The van der Waals surface area contributed by atoms with Crippen LogP contribution in [0.3, 0.4) is 0 Å². The summed E-state index contributed by atoms with van der Waals surface area (Å²) in [7, 11) is 0. The predicted molar refractivity (Wildman–Crippen MR) is 69.5 cm³/mol. The first-order valence-electron chi connectivity index (χ1n) is 6.26. The maximum Gasteiger partial charge on any atom is 0.165 e. The molecule has 20 heavy (non-hydrogen) atoms. The molecular formula is C11H16N6O3. The van der Waals surface area contributed by atoms with Crippen LogP contribution in [0.4, 0.5) is 5.82 Å². The highest BCUT2D eigenvalue weighted by molar-refractivity contribution is 5.81. The maximum absolute atomic E-state index is 9.97. The molecule has 0 spiro atoms. The minimum absolute atomic E-state index is 0.242. The minimum Gasteiger partial charge on any atom is -0.395 e. The zero-order valence-electron chi connectivity index (χ0n) is 10.6. The molecule has 4 unspecified atom stereocenters. The van der Waals surface area contributed by atoms with Crippen LogP contribution in [0.1, 0.15) is 0 Å². The van der Waals surface area contributed by atoms with Crippen LogP contribution in [0.2, 0.25) is 0 Å². The maximum atomic E-state index is 9.97. The van der Waals surface area contributed by atoms with Crippen molar-refractivity contribution in [3.63, 3.8) is 0 Å². The van der Waals surface area contributed by atoms with Crippen molar-refractivity contribution in [2.75, 3.05) is 12.3 Å². The molecule has 0 aliphatic carbocycles. The highest BCUT2D eigenvalue weighted by Crippen LogP contribution is 2.19. The van der Waals surface area contributed by atoms with E-state index >= 15 is 0 Å². The number of imidazole rings is 1. The summed E-state index contributed by atoms with van der Waals surface area (Å²) in [4.78, 5) is 12.1. The fraction of sp³-hybridized carbons (Fsp3) is 0.545. The van der Waals surface area contributed by atoms with Gasteiger partial charge in [0.2, 0.25) is 0 Å². The van der Waals surface area contributed by atoms with Gasteiger partial charge in [0.15, 0.2) is 11.5 Å². The number of hydrogen-bond donors (Lipinski definition) is 5. The van der Waals surface area contributed by atoms with Crippen LogP contribution in [0, 0.1) is 0 Å². The lowest BCUT2D eigenvalue weighted by Gasteiger charge is -2.16. The van der Waals surface area contributed by atoms with Gasteiger partial charge in [-0.3, -0.25) is 0 Å². The fourth-order valence-electron chi connectivity index (χ4n) is 2.51. The van der Waals surface area contributed by atoms with Crippen LogP contribution in [0.15, 0.2) is 12.7 Å². The number of aromatic nitrogens is 4. The highest BCUT2D eigenvalue weighted by Gasteiger charge is 2.40. The monoisotopic (exact) mass is 280 g/mol. The van der Waals surface area contributed by atoms with E-state index in [1.54, 1.807) is 10.9 Å². The Morgan fingerprint density at radius 3 is 2.65 bits per heavy atom. The summed E-state index contributed by atoms with van der Waals surface area (Å²) >= 11 is 0. The number of nitrogens with two attached hydrogens (primary N) is 1. The van der Waals surface area contributed by atoms with E-state index in [1.165, 1.54) is 6.33 Å². The molecule has 6 N–H and O–H groups in total. The summed E-state index contributed by atoms with van der Waals surface area (Å²) < 4.78 is 1.72. The number of hydrogen-bond acceptors (Lipinski definition) is 8. The minimum atomic E-state index is -1.00. The van der Waals surface area contributed by atoms with Crippen molar-refractivity contribution in [1.82, 2.24) is 24.8 Å². The van der Waals surface area contributed by atoms with Gasteiger partial charge in [0.25, 0.3) is 0 Å². The van der Waals surface area contributed by atoms with Crippen molar-refractivity contribution in [2.24, 2.45) is 0 Å². The molecule has 1 fully saturated rings. The van der Waals surface area contributed by atoms with Crippen LogP contribution >= 0.6 is 0 Å². The lowest BCUT2D eigenvalue weighted by Crippen LogP contribution is -2.38. The topological polar surface area (TPSA) is 142 Å². The van der Waals surface area contributed by atoms with Crippen LogP contribution in [-0.4, -0.2) is 65.7 Å². The predicted octanol–water partition coefficient (Wildman–Crippen LogP) is -2.54. The molecule has 1 aliphatic heterocycles. The summed E-state index contributed by atoms with van der Waals surface area (Å²) in [5.41, 5.74) is 6.77. The van der Waals surface area contributed by atoms with E-state index in [0.29, 0.717) is 23.5 Å². The lowest BCUT2D eigenvalue weighted by molar-refractivity contribution is 0.0180. The van der Waals surface area contributed by atoms with E-state index in [1.807, 2.05) is 0 Å². The zero-order valence-corrected chi connectivity index (χ0v) is 10.6. The average molecular weight is 280 g/mol. The van der Waals surface area contributed by atoms with Crippen molar-refractivity contribution in [3.8, 4) is 0 Å². The molecule has 3 heterocycles. The van der Waals surface area contributed by atoms with Gasteiger partial charge < -0.3 is 30.9 Å². The fourth-order valence-corrected chi connectivity index (χ4v) is 2.51. The molecule has 1 saturated heterocycles. The van der Waals surface area contributed by atoms with Gasteiger partial charge >= 0.3 is 0 Å². The van der Waals surface area contributed by atoms with Gasteiger partial charge in [0.1, 0.15) is 11.8 Å². The molecule has 0 aromatic carbocycles. The van der Waals surface area contributed by atoms with E-state index in [2.05, 4.69) is 20.3 Å². The standard InChI is InChI=1S/C11H16N6O3/c12-10-7-11(14-3-13-10)17(4-15-7)1-5-8(19)9(20)6(2-18)16-5/h3-6,8-9,16,18-20H,1-2H2,(H2,12,13,14). The first-order valence-corrected chi connectivity index (χ1v) is 6.26. The number of nitrogen functional groups attached to an aromatic ring is 1. The third-order valence-corrected chi connectivity index (χ3v) is 3.62. The molecule has 2 aromatic heterocycles. The molecule has 0 amide bonds. The third kappa shape index (κ3) is 2.00. The van der Waals surface area contributed by atoms with E-state index in [4.69, 9.17) is 10.8 Å². The van der Waals surface area contributed by atoms with Gasteiger partial charge in [-0.15, -0.1) is 0 Å². The molecule has 4 atom stereocenters. The number of aliphatic hydroxyl groups excluding tert-OH is 3. The van der Waals surface area contributed by atoms with Crippen molar-refractivity contribution < 1.29 is 15.3 Å². The van der Waals surface area contributed by atoms with Gasteiger partial charge in [0, 0.05) is 6.54 Å². The Balaban J connectivity index is 1.85. The van der Waals surface area contributed by atoms with Gasteiger partial charge in [0.05, 0.1) is 37.2 Å². The highest BCUT2D eigenvalue weighted by atomic mass is 16.3. The molecule has 2 aromatic rings. The average Bonchev–Trinajstić information content (AvgIpc) is 2.97. The van der Waals surface area contributed by atoms with Crippen molar-refractivity contribution >= 4 is 17.0 Å². The summed E-state index contributed by atoms with van der Waals surface area (Å²) in [6, 6.07) is -0.944. The van der Waals surface area contributed by atoms with Gasteiger partial charge in [-0.05, 0) is 0 Å². The molecule has 9 nitrogen and oxygen atoms in total. The van der Waals surface area contributed by atoms with Crippen LogP contribution in [-0.2, 0) is 6.54 Å². The smallest absolute Gasteiger partial charge is 0.165 e. The molecule has 0 radical (unpaired) electrons. The SMILES string of the molecule is Nc1ncnc2c1ncn2CC1NC(CO)C(O)C1O. The van der Waals surface area contributed by atoms with Crippen LogP contribution in [0.5, 0.6) is 0 Å². The molecule has 9 heteroatoms. The van der Waals surface area contributed by atoms with E-state index in [9.17, 15) is 10.2 Å². The summed E-state index contributed by atoms with van der Waals surface area (Å²) in [6.07, 6.45) is 0.936. The molecule has 0 bridgehead atoms. The Hall–Kier alpha value is -1.81. The van der Waals surface area contributed by atoms with Gasteiger partial charge in [-0.1, -0.05) is 0 Å². The Labute approximate surface area is 114 Å². The number of nitrogens with one attached hydrogen (secondary N) is 1. The molecular weight excluding hydrogens is 264 g/mol. The number of rotatable bonds is 3. The van der Waals surface area contributed by atoms with Crippen LogP contribution in [0.25, 0.3) is 11.2 Å². The second-order valence-corrected chi connectivity index (χ2v) is 4.87. The number of fused-ring (bicyclic) bond motifs is 1. The van der Waals surface area contributed by atoms with Crippen molar-refractivity contribution in [2.45, 2.75) is 30.8 Å². The third-order valence-electron chi connectivity index (χ3n) is 3.62. The molecule has 1 aliphatic rings. The lowest BCUT2D eigenvalue weighted by atomic mass is 10.1. The molecule has 3 rings (SSSR count). The Morgan fingerprint density at radius 1 is 1.20 bits per heavy atom. The van der Waals surface area contributed by atoms with E-state index in [0.717, 1.165) is 0 Å². The van der Waals surface area contributed by atoms with E-state index in [-0.39, 0.29) is 6.61 Å². The summed E-state index contributed by atoms with van der Waals surface area (Å²) in [6.45, 7) is 0.107. The zero-order chi connectivity index (χ0) is 14.3. The number of nitrogens with zero attached hydrogens (tertiary/aromatic N) is 4. The second kappa shape index (κ2) is 4.94. The van der Waals surface area contributed by atoms with Crippen molar-refractivity contribution in [3.05, 3.63) is 12.7 Å². The Morgan fingerprint density at radius 2 is 1.95 bits per heavy atom. The van der Waals surface area contributed by atoms with Crippen molar-refractivity contribution in [1.29, 1.82) is 0 Å². The number of anilines is 1. The van der Waals surface area contributed by atoms with E-state index < -0.39 is 24.3 Å². The summed E-state index contributed by atoms with van der Waals surface area (Å²) in [5.74, 6) is 0.293. The Kier molecular flexibility index (Phi) is 3.26. The normalized spacial score (nSPS) is 30.1. The first kappa shape index (κ1) is 13.2. The number of aliphatic hydroxyl groups is 3. The molecule has 108 valence electrons. The first-order chi connectivity index (χ1) is 9.61. The van der Waals surface area contributed by atoms with Gasteiger partial charge in [-0.2, -0.15) is 0 Å². The van der Waals surface area contributed by atoms with Crippen LogP contribution < -0.4 is 11.1 Å². The summed E-state index contributed by atoms with van der Waals surface area (Å²) in [5, 5.41) is 31.8. The molecule has 0 saturated carbocycles. The Bertz CT molecular complexity index is 617. The quantitative estimate of drug-likeness (QED) is 0.414. The van der Waals surface area contributed by atoms with Gasteiger partial charge in [-0.25, -0.2) is 15.0 Å². The largest absolute Gasteiger partial charge is 0.395 e.